The van der Waals surface area contributed by atoms with E-state index in [1.165, 1.54) is 12.1 Å². The van der Waals surface area contributed by atoms with Crippen molar-refractivity contribution in [2.24, 2.45) is 5.92 Å². The lowest BCUT2D eigenvalue weighted by Gasteiger charge is -2.08. The van der Waals surface area contributed by atoms with Crippen molar-refractivity contribution in [3.05, 3.63) is 27.2 Å². The van der Waals surface area contributed by atoms with Crippen LogP contribution in [0.1, 0.15) is 78.1 Å². The molecule has 0 amide bonds. The van der Waals surface area contributed by atoms with Gasteiger partial charge >= 0.3 is 11.9 Å². The standard InChI is InChI=1S/C22H31Cl3O4/c1-16(2)10-9-13-28-21(26)11-7-5-3-4-6-8-12-22(27)29-20-15-18(24)17(23)14-19(20)25/h14-16H,3-13H2,1-2H3. The molecule has 0 saturated carbocycles. The number of carbonyl (C=O) groups excluding carboxylic acids is 2. The van der Waals surface area contributed by atoms with Gasteiger partial charge in [0.1, 0.15) is 0 Å². The second kappa shape index (κ2) is 14.9. The van der Waals surface area contributed by atoms with Gasteiger partial charge in [-0.1, -0.05) is 74.3 Å². The molecule has 0 atom stereocenters. The molecule has 164 valence electrons. The van der Waals surface area contributed by atoms with E-state index in [2.05, 4.69) is 13.8 Å². The fourth-order valence-electron chi connectivity index (χ4n) is 2.75. The summed E-state index contributed by atoms with van der Waals surface area (Å²) in [7, 11) is 0. The molecule has 0 unspecified atom stereocenters. The normalized spacial score (nSPS) is 11.0. The van der Waals surface area contributed by atoms with E-state index in [0.29, 0.717) is 35.4 Å². The zero-order chi connectivity index (χ0) is 21.6. The predicted octanol–water partition coefficient (Wildman–Crippen LogP) is 7.65. The van der Waals surface area contributed by atoms with Gasteiger partial charge in [-0.3, -0.25) is 9.59 Å². The minimum atomic E-state index is -0.342. The molecule has 0 aliphatic rings. The summed E-state index contributed by atoms with van der Waals surface area (Å²) in [5, 5.41) is 0.861. The molecule has 1 rings (SSSR count). The number of rotatable bonds is 14. The summed E-state index contributed by atoms with van der Waals surface area (Å²) in [6, 6.07) is 2.90. The summed E-state index contributed by atoms with van der Waals surface area (Å²) in [6.45, 7) is 4.85. The van der Waals surface area contributed by atoms with E-state index in [4.69, 9.17) is 44.3 Å². The highest BCUT2D eigenvalue weighted by Gasteiger charge is 2.11. The predicted molar refractivity (Wildman–Crippen MR) is 119 cm³/mol. The Balaban J connectivity index is 2.02. The second-order valence-corrected chi connectivity index (χ2v) is 8.77. The minimum Gasteiger partial charge on any atom is -0.466 e. The first kappa shape index (κ1) is 26.1. The Morgan fingerprint density at radius 1 is 0.793 bits per heavy atom. The summed E-state index contributed by atoms with van der Waals surface area (Å²) in [6.07, 6.45) is 8.39. The molecule has 0 aliphatic carbocycles. The van der Waals surface area contributed by atoms with Crippen LogP contribution >= 0.6 is 34.8 Å². The van der Waals surface area contributed by atoms with Crippen molar-refractivity contribution in [2.45, 2.75) is 78.1 Å². The van der Waals surface area contributed by atoms with Crippen LogP contribution in [0.4, 0.5) is 0 Å². The molecule has 29 heavy (non-hydrogen) atoms. The maximum Gasteiger partial charge on any atom is 0.311 e. The number of carbonyl (C=O) groups is 2. The van der Waals surface area contributed by atoms with E-state index in [1.807, 2.05) is 0 Å². The molecule has 0 bridgehead atoms. The molecule has 4 nitrogen and oxygen atoms in total. The molecule has 1 aromatic rings. The van der Waals surface area contributed by atoms with Crippen molar-refractivity contribution >= 4 is 46.7 Å². The van der Waals surface area contributed by atoms with Crippen LogP contribution in [0.2, 0.25) is 15.1 Å². The molecule has 0 saturated heterocycles. The molecular weight excluding hydrogens is 435 g/mol. The maximum absolute atomic E-state index is 11.9. The van der Waals surface area contributed by atoms with E-state index in [1.54, 1.807) is 0 Å². The third-order valence-corrected chi connectivity index (χ3v) is 5.42. The van der Waals surface area contributed by atoms with Crippen LogP contribution in [-0.2, 0) is 14.3 Å². The highest BCUT2D eigenvalue weighted by atomic mass is 35.5. The molecule has 0 N–H and O–H groups in total. The Morgan fingerprint density at radius 3 is 1.97 bits per heavy atom. The Hall–Kier alpha value is -0.970. The van der Waals surface area contributed by atoms with Crippen LogP contribution < -0.4 is 4.74 Å². The Morgan fingerprint density at radius 2 is 1.34 bits per heavy atom. The fraction of sp³-hybridized carbons (Fsp3) is 0.636. The largest absolute Gasteiger partial charge is 0.466 e. The van der Waals surface area contributed by atoms with Crippen LogP contribution in [0.3, 0.4) is 0 Å². The molecule has 0 radical (unpaired) electrons. The van der Waals surface area contributed by atoms with E-state index in [9.17, 15) is 9.59 Å². The number of unbranched alkanes of at least 4 members (excludes halogenated alkanes) is 5. The SMILES string of the molecule is CC(C)CCCOC(=O)CCCCCCCCC(=O)Oc1cc(Cl)c(Cl)cc1Cl. The quantitative estimate of drug-likeness (QED) is 0.122. The summed E-state index contributed by atoms with van der Waals surface area (Å²) in [5.41, 5.74) is 0. The van der Waals surface area contributed by atoms with Gasteiger partial charge in [-0.15, -0.1) is 0 Å². The minimum absolute atomic E-state index is 0.0996. The first-order valence-electron chi connectivity index (χ1n) is 10.3. The van der Waals surface area contributed by atoms with Crippen molar-refractivity contribution in [2.75, 3.05) is 6.61 Å². The second-order valence-electron chi connectivity index (χ2n) is 7.55. The smallest absolute Gasteiger partial charge is 0.311 e. The number of esters is 2. The summed E-state index contributed by atoms with van der Waals surface area (Å²) in [5.74, 6) is 0.425. The topological polar surface area (TPSA) is 52.6 Å². The molecule has 0 fully saturated rings. The first-order valence-corrected chi connectivity index (χ1v) is 11.4. The number of hydrogen-bond acceptors (Lipinski definition) is 4. The lowest BCUT2D eigenvalue weighted by atomic mass is 10.1. The number of halogens is 3. The van der Waals surface area contributed by atoms with Crippen LogP contribution in [0.25, 0.3) is 0 Å². The van der Waals surface area contributed by atoms with Gasteiger partial charge in [0, 0.05) is 18.9 Å². The molecular formula is C22H31Cl3O4. The number of hydrogen-bond donors (Lipinski definition) is 0. The lowest BCUT2D eigenvalue weighted by molar-refractivity contribution is -0.144. The van der Waals surface area contributed by atoms with Crippen LogP contribution in [0, 0.1) is 5.92 Å². The van der Waals surface area contributed by atoms with Gasteiger partial charge in [0.05, 0.1) is 21.7 Å². The van der Waals surface area contributed by atoms with Gasteiger partial charge in [0.2, 0.25) is 0 Å². The van der Waals surface area contributed by atoms with E-state index >= 15 is 0 Å². The van der Waals surface area contributed by atoms with Crippen LogP contribution in [-0.4, -0.2) is 18.5 Å². The van der Waals surface area contributed by atoms with Crippen molar-refractivity contribution < 1.29 is 19.1 Å². The average molecular weight is 466 g/mol. The molecule has 0 aliphatic heterocycles. The van der Waals surface area contributed by atoms with Gasteiger partial charge in [-0.2, -0.15) is 0 Å². The fourth-order valence-corrected chi connectivity index (χ4v) is 3.33. The van der Waals surface area contributed by atoms with Gasteiger partial charge < -0.3 is 9.47 Å². The van der Waals surface area contributed by atoms with Gasteiger partial charge in [0.15, 0.2) is 5.75 Å². The first-order chi connectivity index (χ1) is 13.8. The van der Waals surface area contributed by atoms with Crippen molar-refractivity contribution in [3.63, 3.8) is 0 Å². The summed E-state index contributed by atoms with van der Waals surface area (Å²) < 4.78 is 10.5. The summed E-state index contributed by atoms with van der Waals surface area (Å²) in [4.78, 5) is 23.5. The van der Waals surface area contributed by atoms with E-state index in [0.717, 1.165) is 51.4 Å². The van der Waals surface area contributed by atoms with E-state index < -0.39 is 0 Å². The Kier molecular flexibility index (Phi) is 13.4. The van der Waals surface area contributed by atoms with Crippen molar-refractivity contribution in [1.82, 2.24) is 0 Å². The number of ether oxygens (including phenoxy) is 2. The number of benzene rings is 1. The van der Waals surface area contributed by atoms with E-state index in [-0.39, 0.29) is 22.7 Å². The summed E-state index contributed by atoms with van der Waals surface area (Å²) >= 11 is 17.8. The van der Waals surface area contributed by atoms with Crippen molar-refractivity contribution in [1.29, 1.82) is 0 Å². The van der Waals surface area contributed by atoms with Gasteiger partial charge in [-0.25, -0.2) is 0 Å². The molecule has 1 aromatic carbocycles. The Bertz CT molecular complexity index is 647. The monoisotopic (exact) mass is 464 g/mol. The molecule has 0 heterocycles. The van der Waals surface area contributed by atoms with Gasteiger partial charge in [-0.05, 0) is 37.7 Å². The van der Waals surface area contributed by atoms with Gasteiger partial charge in [0.25, 0.3) is 0 Å². The van der Waals surface area contributed by atoms with Crippen LogP contribution in [0.5, 0.6) is 5.75 Å². The zero-order valence-corrected chi connectivity index (χ0v) is 19.5. The third-order valence-electron chi connectivity index (χ3n) is 4.40. The molecule has 0 aromatic heterocycles. The lowest BCUT2D eigenvalue weighted by Crippen LogP contribution is -2.08. The highest BCUT2D eigenvalue weighted by molar-refractivity contribution is 6.43. The third kappa shape index (κ3) is 12.3. The molecule has 7 heteroatoms. The Labute approximate surface area is 189 Å². The maximum atomic E-state index is 11.9. The zero-order valence-electron chi connectivity index (χ0n) is 17.3. The average Bonchev–Trinajstić information content (AvgIpc) is 2.65. The highest BCUT2D eigenvalue weighted by Crippen LogP contribution is 2.34. The van der Waals surface area contributed by atoms with Crippen LogP contribution in [0.15, 0.2) is 12.1 Å². The molecule has 0 spiro atoms. The van der Waals surface area contributed by atoms with Crippen molar-refractivity contribution in [3.8, 4) is 5.75 Å².